The molecule has 0 saturated carbocycles. The summed E-state index contributed by atoms with van der Waals surface area (Å²) in [5.74, 6) is 0.610. The van der Waals surface area contributed by atoms with Gasteiger partial charge >= 0.3 is 6.18 Å². The lowest BCUT2D eigenvalue weighted by Gasteiger charge is -2.33. The standard InChI is InChI=1S/C31H37F3N8S/c1-20-17-41(10-7-36-20)11-12-42-24(16-35)13-26-21(2)22(3-4-28(26)42)18-40-8-5-23(6-9-40)39-29-27-14-25(15-31(32,33)34)43-30(27)38-19-37-29/h3-4,13-14,19-20,23,36H,5-12,15,17-18H2,1-2H3,(H,37,38,39). The number of alkyl halides is 3. The average Bonchev–Trinajstić information content (AvgIpc) is 3.55. The number of aryl methyl sites for hydroxylation is 1. The summed E-state index contributed by atoms with van der Waals surface area (Å²) in [6.45, 7) is 11.8. The first kappa shape index (κ1) is 29.8. The van der Waals surface area contributed by atoms with Gasteiger partial charge in [0.25, 0.3) is 0 Å². The number of benzene rings is 1. The molecule has 3 aromatic heterocycles. The van der Waals surface area contributed by atoms with Gasteiger partial charge in [-0.2, -0.15) is 18.4 Å². The molecule has 2 saturated heterocycles. The second-order valence-corrected chi connectivity index (χ2v) is 13.0. The van der Waals surface area contributed by atoms with Gasteiger partial charge in [-0.1, -0.05) is 6.07 Å². The number of fused-ring (bicyclic) bond motifs is 2. The predicted molar refractivity (Wildman–Crippen MR) is 164 cm³/mol. The molecule has 0 aliphatic carbocycles. The zero-order valence-electron chi connectivity index (χ0n) is 24.5. The van der Waals surface area contributed by atoms with Crippen molar-refractivity contribution in [2.45, 2.75) is 64.5 Å². The van der Waals surface area contributed by atoms with Gasteiger partial charge in [-0.3, -0.25) is 9.80 Å². The minimum atomic E-state index is -4.25. The minimum Gasteiger partial charge on any atom is -0.367 e. The van der Waals surface area contributed by atoms with Crippen molar-refractivity contribution in [3.63, 3.8) is 0 Å². The monoisotopic (exact) mass is 610 g/mol. The molecule has 8 nitrogen and oxygen atoms in total. The first-order valence-corrected chi connectivity index (χ1v) is 15.7. The molecule has 5 heterocycles. The molecule has 1 unspecified atom stereocenters. The Morgan fingerprint density at radius 2 is 1.91 bits per heavy atom. The first-order valence-electron chi connectivity index (χ1n) is 14.9. The third-order valence-electron chi connectivity index (χ3n) is 8.75. The number of hydrogen-bond donors (Lipinski definition) is 2. The molecule has 2 aliphatic rings. The first-order chi connectivity index (χ1) is 20.7. The highest BCUT2D eigenvalue weighted by molar-refractivity contribution is 7.18. The Balaban J connectivity index is 1.08. The number of halogens is 3. The van der Waals surface area contributed by atoms with E-state index in [1.54, 1.807) is 6.07 Å². The summed E-state index contributed by atoms with van der Waals surface area (Å²) in [6, 6.07) is 11.1. The van der Waals surface area contributed by atoms with Crippen molar-refractivity contribution in [2.75, 3.05) is 44.6 Å². The van der Waals surface area contributed by atoms with Gasteiger partial charge in [0.15, 0.2) is 0 Å². The van der Waals surface area contributed by atoms with Crippen LogP contribution in [0.4, 0.5) is 19.0 Å². The number of likely N-dealkylation sites (tertiary alicyclic amines) is 1. The Labute approximate surface area is 253 Å². The van der Waals surface area contributed by atoms with Crippen LogP contribution in [0, 0.1) is 18.3 Å². The summed E-state index contributed by atoms with van der Waals surface area (Å²) >= 11 is 1.07. The fourth-order valence-corrected chi connectivity index (χ4v) is 7.48. The number of thiophene rings is 1. The molecule has 0 amide bonds. The predicted octanol–water partition coefficient (Wildman–Crippen LogP) is 5.30. The molecule has 228 valence electrons. The number of piperidine rings is 1. The number of anilines is 1. The van der Waals surface area contributed by atoms with Gasteiger partial charge in [-0.15, -0.1) is 11.3 Å². The zero-order chi connectivity index (χ0) is 30.1. The largest absolute Gasteiger partial charge is 0.393 e. The molecule has 0 bridgehead atoms. The number of piperazine rings is 1. The zero-order valence-corrected chi connectivity index (χ0v) is 25.4. The van der Waals surface area contributed by atoms with Crippen LogP contribution in [0.2, 0.25) is 0 Å². The van der Waals surface area contributed by atoms with Crippen LogP contribution in [-0.2, 0) is 19.5 Å². The lowest BCUT2D eigenvalue weighted by Crippen LogP contribution is -2.49. The minimum absolute atomic E-state index is 0.190. The van der Waals surface area contributed by atoms with E-state index in [2.05, 4.69) is 67.0 Å². The SMILES string of the molecule is Cc1c(CN2CCC(Nc3ncnc4sc(CC(F)(F)F)cc34)CC2)ccc2c1cc(C#N)n2CCN1CCNC(C)C1. The molecule has 6 rings (SSSR count). The van der Waals surface area contributed by atoms with Crippen molar-refractivity contribution in [3.05, 3.63) is 52.3 Å². The average molecular weight is 611 g/mol. The van der Waals surface area contributed by atoms with E-state index in [0.717, 1.165) is 87.4 Å². The van der Waals surface area contributed by atoms with Gasteiger partial charge in [0.2, 0.25) is 0 Å². The molecular weight excluding hydrogens is 573 g/mol. The smallest absolute Gasteiger partial charge is 0.367 e. The summed E-state index contributed by atoms with van der Waals surface area (Å²) in [5.41, 5.74) is 4.32. The van der Waals surface area contributed by atoms with Gasteiger partial charge in [0.1, 0.15) is 28.7 Å². The van der Waals surface area contributed by atoms with E-state index in [4.69, 9.17) is 0 Å². The molecule has 1 atom stereocenters. The molecule has 43 heavy (non-hydrogen) atoms. The molecule has 2 N–H and O–H groups in total. The van der Waals surface area contributed by atoms with Crippen LogP contribution < -0.4 is 10.6 Å². The summed E-state index contributed by atoms with van der Waals surface area (Å²) in [6.07, 6.45) is -1.96. The van der Waals surface area contributed by atoms with Gasteiger partial charge in [-0.25, -0.2) is 9.97 Å². The van der Waals surface area contributed by atoms with Gasteiger partial charge in [0, 0.05) is 80.2 Å². The quantitative estimate of drug-likeness (QED) is 0.280. The van der Waals surface area contributed by atoms with Crippen LogP contribution in [0.1, 0.15) is 41.5 Å². The van der Waals surface area contributed by atoms with Crippen LogP contribution in [-0.4, -0.2) is 81.9 Å². The third-order valence-corrected chi connectivity index (χ3v) is 9.79. The second kappa shape index (κ2) is 12.4. The van der Waals surface area contributed by atoms with E-state index in [1.807, 2.05) is 6.07 Å². The second-order valence-electron chi connectivity index (χ2n) is 11.9. The Hall–Kier alpha value is -3.24. The number of hydrogen-bond acceptors (Lipinski definition) is 8. The highest BCUT2D eigenvalue weighted by atomic mass is 32.1. The van der Waals surface area contributed by atoms with Crippen LogP contribution in [0.3, 0.4) is 0 Å². The highest BCUT2D eigenvalue weighted by Crippen LogP contribution is 2.33. The number of nitrogens with zero attached hydrogens (tertiary/aromatic N) is 6. The normalized spacial score (nSPS) is 19.3. The van der Waals surface area contributed by atoms with E-state index >= 15 is 0 Å². The van der Waals surface area contributed by atoms with E-state index in [0.29, 0.717) is 27.8 Å². The van der Waals surface area contributed by atoms with Gasteiger partial charge in [-0.05, 0) is 56.0 Å². The van der Waals surface area contributed by atoms with Crippen molar-refractivity contribution < 1.29 is 13.2 Å². The Morgan fingerprint density at radius 1 is 1.09 bits per heavy atom. The molecular formula is C31H37F3N8S. The van der Waals surface area contributed by atoms with Crippen molar-refractivity contribution >= 4 is 38.3 Å². The number of nitrogens with one attached hydrogen (secondary N) is 2. The van der Waals surface area contributed by atoms with Crippen molar-refractivity contribution in [2.24, 2.45) is 0 Å². The molecule has 4 aromatic rings. The molecule has 1 aromatic carbocycles. The van der Waals surface area contributed by atoms with Crippen LogP contribution in [0.5, 0.6) is 0 Å². The van der Waals surface area contributed by atoms with Crippen molar-refractivity contribution in [1.29, 1.82) is 5.26 Å². The topological polar surface area (TPSA) is 85.0 Å². The summed E-state index contributed by atoms with van der Waals surface area (Å²) in [4.78, 5) is 14.3. The van der Waals surface area contributed by atoms with Gasteiger partial charge < -0.3 is 15.2 Å². The molecule has 2 fully saturated rings. The number of rotatable bonds is 8. The molecule has 0 spiro atoms. The number of nitriles is 1. The summed E-state index contributed by atoms with van der Waals surface area (Å²) in [7, 11) is 0. The van der Waals surface area contributed by atoms with Crippen molar-refractivity contribution in [3.8, 4) is 6.07 Å². The summed E-state index contributed by atoms with van der Waals surface area (Å²) < 4.78 is 40.9. The third kappa shape index (κ3) is 6.80. The lowest BCUT2D eigenvalue weighted by molar-refractivity contribution is -0.126. The molecule has 2 aliphatic heterocycles. The van der Waals surface area contributed by atoms with Crippen LogP contribution in [0.15, 0.2) is 30.6 Å². The fraction of sp³-hybridized carbons (Fsp3) is 0.516. The van der Waals surface area contributed by atoms with Crippen LogP contribution >= 0.6 is 11.3 Å². The van der Waals surface area contributed by atoms with Crippen LogP contribution in [0.25, 0.3) is 21.1 Å². The van der Waals surface area contributed by atoms with Gasteiger partial charge in [0.05, 0.1) is 11.8 Å². The fourth-order valence-electron chi connectivity index (χ4n) is 6.46. The van der Waals surface area contributed by atoms with E-state index < -0.39 is 12.6 Å². The maximum absolute atomic E-state index is 12.9. The summed E-state index contributed by atoms with van der Waals surface area (Å²) in [5, 5.41) is 18.7. The van der Waals surface area contributed by atoms with Crippen molar-refractivity contribution in [1.82, 2.24) is 29.7 Å². The molecule has 12 heteroatoms. The number of aromatic nitrogens is 3. The van der Waals surface area contributed by atoms with E-state index in [-0.39, 0.29) is 10.9 Å². The Bertz CT molecular complexity index is 1630. The molecule has 0 radical (unpaired) electrons. The van der Waals surface area contributed by atoms with E-state index in [9.17, 15) is 18.4 Å². The lowest BCUT2D eigenvalue weighted by atomic mass is 10.0. The van der Waals surface area contributed by atoms with E-state index in [1.165, 1.54) is 17.5 Å². The maximum Gasteiger partial charge on any atom is 0.393 e. The maximum atomic E-state index is 12.9. The highest BCUT2D eigenvalue weighted by Gasteiger charge is 2.29. The Morgan fingerprint density at radius 3 is 2.65 bits per heavy atom. The Kier molecular flexibility index (Phi) is 8.60.